The van der Waals surface area contributed by atoms with Crippen LogP contribution in [0.3, 0.4) is 0 Å². The predicted octanol–water partition coefficient (Wildman–Crippen LogP) is 2.80. The molecular formula is C31H43N3O8. The molecule has 1 saturated heterocycles. The summed E-state index contributed by atoms with van der Waals surface area (Å²) in [6, 6.07) is 18.1. The third kappa shape index (κ3) is 14.9. The van der Waals surface area contributed by atoms with Crippen molar-refractivity contribution in [3.63, 3.8) is 0 Å². The lowest BCUT2D eigenvalue weighted by Gasteiger charge is -2.27. The Labute approximate surface area is 247 Å². The number of carbonyl (C=O) groups is 5. The number of hydrogen-bond donors (Lipinski definition) is 2. The van der Waals surface area contributed by atoms with Crippen LogP contribution in [0, 0.1) is 0 Å². The molecule has 0 bridgehead atoms. The molecule has 0 radical (unpaired) electrons. The number of para-hydroxylation sites is 1. The number of nitrogens with one attached hydrogen (secondary N) is 1. The first-order chi connectivity index (χ1) is 20.2. The highest BCUT2D eigenvalue weighted by Gasteiger charge is 2.39. The first-order valence-corrected chi connectivity index (χ1v) is 13.8. The molecule has 2 atom stereocenters. The Bertz CT molecular complexity index is 1080. The quantitative estimate of drug-likeness (QED) is 0.207. The predicted molar refractivity (Wildman–Crippen MR) is 157 cm³/mol. The van der Waals surface area contributed by atoms with Crippen LogP contribution in [-0.2, 0) is 40.1 Å². The summed E-state index contributed by atoms with van der Waals surface area (Å²) < 4.78 is 15.3. The van der Waals surface area contributed by atoms with Crippen LogP contribution in [0.5, 0.6) is 5.75 Å². The SMILES string of the molecule is CC1CCC(C(=O)OCc2ccccc2)N1C(=O)CNC(=O)CCCOc1ccccc1.COC.NC(=O)CCC=O. The van der Waals surface area contributed by atoms with Gasteiger partial charge in [-0.1, -0.05) is 48.5 Å². The number of primary amides is 1. The Kier molecular flexibility index (Phi) is 18.3. The number of nitrogens with two attached hydrogens (primary N) is 1. The third-order valence-electron chi connectivity index (χ3n) is 5.96. The number of ether oxygens (including phenoxy) is 3. The second-order valence-electron chi connectivity index (χ2n) is 9.46. The number of benzene rings is 2. The van der Waals surface area contributed by atoms with Crippen molar-refractivity contribution in [2.75, 3.05) is 27.4 Å². The van der Waals surface area contributed by atoms with Crippen molar-refractivity contribution in [1.29, 1.82) is 0 Å². The standard InChI is InChI=1S/C25H30N2O5.C4H7NO2.C2H6O/c1-19-14-15-22(25(30)32-18-20-9-4-2-5-10-20)27(19)24(29)17-26-23(28)13-8-16-31-21-11-6-3-7-12-21;5-4(7)2-1-3-6;1-3-2/h2-7,9-12,19,22H,8,13-18H2,1H3,(H,26,28);3H,1-2H2,(H2,5,7);1-2H3. The summed E-state index contributed by atoms with van der Waals surface area (Å²) >= 11 is 0. The third-order valence-corrected chi connectivity index (χ3v) is 5.96. The topological polar surface area (TPSA) is 154 Å². The van der Waals surface area contributed by atoms with Gasteiger partial charge in [-0.05, 0) is 43.9 Å². The minimum absolute atomic E-state index is 0.0760. The number of rotatable bonds is 13. The van der Waals surface area contributed by atoms with Crippen molar-refractivity contribution in [1.82, 2.24) is 10.2 Å². The molecule has 2 aromatic rings. The van der Waals surface area contributed by atoms with Gasteiger partial charge >= 0.3 is 5.97 Å². The largest absolute Gasteiger partial charge is 0.494 e. The number of carbonyl (C=O) groups excluding carboxylic acids is 5. The van der Waals surface area contributed by atoms with Crippen LogP contribution in [0.25, 0.3) is 0 Å². The van der Waals surface area contributed by atoms with Crippen molar-refractivity contribution in [3.8, 4) is 5.75 Å². The Morgan fingerprint density at radius 2 is 1.60 bits per heavy atom. The number of methoxy groups -OCH3 is 1. The van der Waals surface area contributed by atoms with Gasteiger partial charge in [-0.2, -0.15) is 0 Å². The van der Waals surface area contributed by atoms with E-state index in [4.69, 9.17) is 9.47 Å². The van der Waals surface area contributed by atoms with E-state index in [9.17, 15) is 24.0 Å². The van der Waals surface area contributed by atoms with Crippen LogP contribution in [0.15, 0.2) is 60.7 Å². The molecule has 42 heavy (non-hydrogen) atoms. The molecule has 3 amide bonds. The summed E-state index contributed by atoms with van der Waals surface area (Å²) in [4.78, 5) is 58.3. The van der Waals surface area contributed by atoms with Crippen molar-refractivity contribution in [2.24, 2.45) is 5.73 Å². The van der Waals surface area contributed by atoms with E-state index in [1.807, 2.05) is 67.6 Å². The van der Waals surface area contributed by atoms with E-state index in [1.54, 1.807) is 19.1 Å². The maximum atomic E-state index is 12.7. The zero-order chi connectivity index (χ0) is 31.2. The Morgan fingerprint density at radius 1 is 0.976 bits per heavy atom. The molecule has 3 rings (SSSR count). The van der Waals surface area contributed by atoms with Crippen molar-refractivity contribution in [3.05, 3.63) is 66.2 Å². The van der Waals surface area contributed by atoms with E-state index >= 15 is 0 Å². The maximum Gasteiger partial charge on any atom is 0.329 e. The highest BCUT2D eigenvalue weighted by Crippen LogP contribution is 2.25. The lowest BCUT2D eigenvalue weighted by Crippen LogP contribution is -2.48. The fourth-order valence-electron chi connectivity index (χ4n) is 3.95. The molecule has 1 fully saturated rings. The number of nitrogens with zero attached hydrogens (tertiary/aromatic N) is 1. The van der Waals surface area contributed by atoms with Gasteiger partial charge in [0.1, 0.15) is 24.7 Å². The van der Waals surface area contributed by atoms with Gasteiger partial charge in [0.05, 0.1) is 13.2 Å². The van der Waals surface area contributed by atoms with Crippen LogP contribution in [-0.4, -0.2) is 74.3 Å². The van der Waals surface area contributed by atoms with Gasteiger partial charge in [-0.25, -0.2) is 4.79 Å². The average molecular weight is 586 g/mol. The van der Waals surface area contributed by atoms with E-state index in [-0.39, 0.29) is 50.3 Å². The summed E-state index contributed by atoms with van der Waals surface area (Å²) in [5, 5.41) is 2.66. The molecule has 2 unspecified atom stereocenters. The second-order valence-corrected chi connectivity index (χ2v) is 9.46. The Hall–Kier alpha value is -4.25. The average Bonchev–Trinajstić information content (AvgIpc) is 3.39. The van der Waals surface area contributed by atoms with Crippen LogP contribution in [0.4, 0.5) is 0 Å². The van der Waals surface area contributed by atoms with Gasteiger partial charge in [0.25, 0.3) is 0 Å². The van der Waals surface area contributed by atoms with E-state index in [0.717, 1.165) is 17.7 Å². The smallest absolute Gasteiger partial charge is 0.329 e. The van der Waals surface area contributed by atoms with E-state index in [0.29, 0.717) is 25.7 Å². The molecular weight excluding hydrogens is 542 g/mol. The first-order valence-electron chi connectivity index (χ1n) is 13.8. The Morgan fingerprint density at radius 3 is 2.17 bits per heavy atom. The molecule has 11 heteroatoms. The van der Waals surface area contributed by atoms with Crippen molar-refractivity contribution < 1.29 is 38.2 Å². The van der Waals surface area contributed by atoms with Gasteiger partial charge in [0.2, 0.25) is 17.7 Å². The molecule has 1 aliphatic heterocycles. The van der Waals surface area contributed by atoms with E-state index in [2.05, 4.69) is 15.8 Å². The summed E-state index contributed by atoms with van der Waals surface area (Å²) in [7, 11) is 3.25. The summed E-state index contributed by atoms with van der Waals surface area (Å²) in [5.41, 5.74) is 5.58. The molecule has 230 valence electrons. The number of hydrogen-bond acceptors (Lipinski definition) is 8. The summed E-state index contributed by atoms with van der Waals surface area (Å²) in [6.07, 6.45) is 3.18. The molecule has 11 nitrogen and oxygen atoms in total. The number of likely N-dealkylation sites (tertiary alicyclic amines) is 1. The number of aldehydes is 1. The van der Waals surface area contributed by atoms with Gasteiger partial charge in [-0.3, -0.25) is 14.4 Å². The molecule has 3 N–H and O–H groups in total. The van der Waals surface area contributed by atoms with Crippen LogP contribution >= 0.6 is 0 Å². The second kappa shape index (κ2) is 21.5. The maximum absolute atomic E-state index is 12.7. The van der Waals surface area contributed by atoms with Gasteiger partial charge in [0.15, 0.2) is 0 Å². The highest BCUT2D eigenvalue weighted by atomic mass is 16.5. The zero-order valence-electron chi connectivity index (χ0n) is 24.7. The fraction of sp³-hybridized carbons (Fsp3) is 0.452. The van der Waals surface area contributed by atoms with Crippen LogP contribution in [0.2, 0.25) is 0 Å². The first kappa shape index (κ1) is 35.8. The summed E-state index contributed by atoms with van der Waals surface area (Å²) in [5.74, 6) is -0.560. The number of amides is 3. The van der Waals surface area contributed by atoms with Crippen molar-refractivity contribution in [2.45, 2.75) is 64.1 Å². The van der Waals surface area contributed by atoms with Crippen LogP contribution < -0.4 is 15.8 Å². The van der Waals surface area contributed by atoms with Crippen molar-refractivity contribution >= 4 is 30.0 Å². The number of esters is 1. The molecule has 1 aliphatic rings. The van der Waals surface area contributed by atoms with Gasteiger partial charge in [0, 0.05) is 39.5 Å². The minimum atomic E-state index is -0.614. The van der Waals surface area contributed by atoms with Crippen LogP contribution in [0.1, 0.15) is 51.0 Å². The molecule has 0 aliphatic carbocycles. The minimum Gasteiger partial charge on any atom is -0.494 e. The zero-order valence-corrected chi connectivity index (χ0v) is 24.7. The molecule has 0 spiro atoms. The van der Waals surface area contributed by atoms with E-state index in [1.165, 1.54) is 0 Å². The molecule has 0 aromatic heterocycles. The summed E-state index contributed by atoms with van der Waals surface area (Å²) in [6.45, 7) is 2.37. The van der Waals surface area contributed by atoms with Gasteiger partial charge in [-0.15, -0.1) is 0 Å². The fourth-order valence-corrected chi connectivity index (χ4v) is 3.95. The highest BCUT2D eigenvalue weighted by molar-refractivity contribution is 5.89. The molecule has 2 aromatic carbocycles. The molecule has 1 heterocycles. The van der Waals surface area contributed by atoms with E-state index < -0.39 is 17.9 Å². The monoisotopic (exact) mass is 585 g/mol. The normalized spacial score (nSPS) is 15.2. The Balaban J connectivity index is 0.000000761. The lowest BCUT2D eigenvalue weighted by atomic mass is 10.2. The van der Waals surface area contributed by atoms with Gasteiger partial charge < -0.3 is 35.0 Å². The lowest BCUT2D eigenvalue weighted by molar-refractivity contribution is -0.155. The molecule has 0 saturated carbocycles.